The van der Waals surface area contributed by atoms with Crippen LogP contribution >= 0.6 is 22.6 Å². The monoisotopic (exact) mass is 383 g/mol. The second-order valence-corrected chi connectivity index (χ2v) is 6.87. The Bertz CT molecular complexity index is 512. The van der Waals surface area contributed by atoms with Gasteiger partial charge in [0, 0.05) is 10.1 Å². The average molecular weight is 383 g/mol. The van der Waals surface area contributed by atoms with Crippen molar-refractivity contribution >= 4 is 38.6 Å². The number of carboxylic acid groups (broad SMARTS) is 1. The molecule has 0 saturated carbocycles. The molecular formula is C11H14INO4S. The number of hydrogen-bond donors (Lipinski definition) is 1. The minimum Gasteiger partial charge on any atom is -0.480 e. The lowest BCUT2D eigenvalue weighted by atomic mass is 10.4. The maximum atomic E-state index is 12.2. The molecule has 18 heavy (non-hydrogen) atoms. The lowest BCUT2D eigenvalue weighted by Gasteiger charge is -2.19. The third-order valence-corrected chi connectivity index (χ3v) is 4.81. The summed E-state index contributed by atoms with van der Waals surface area (Å²) >= 11 is 2.08. The summed E-state index contributed by atoms with van der Waals surface area (Å²) in [5, 5.41) is 8.76. The molecule has 7 heteroatoms. The van der Waals surface area contributed by atoms with Gasteiger partial charge in [-0.2, -0.15) is 4.31 Å². The average Bonchev–Trinajstić information content (AvgIpc) is 2.28. The SMILES string of the molecule is CCCN(CC(=O)O)S(=O)(=O)c1ccc(I)cc1. The van der Waals surface area contributed by atoms with Gasteiger partial charge in [-0.1, -0.05) is 6.92 Å². The zero-order valence-electron chi connectivity index (χ0n) is 9.84. The van der Waals surface area contributed by atoms with Crippen LogP contribution < -0.4 is 0 Å². The standard InChI is InChI=1S/C11H14INO4S/c1-2-7-13(8-11(14)15)18(16,17)10-5-3-9(12)4-6-10/h3-6H,2,7-8H2,1H3,(H,14,15). The smallest absolute Gasteiger partial charge is 0.318 e. The maximum absolute atomic E-state index is 12.2. The number of carbonyl (C=O) groups is 1. The number of benzene rings is 1. The van der Waals surface area contributed by atoms with Gasteiger partial charge in [0.2, 0.25) is 10.0 Å². The molecule has 0 fully saturated rings. The number of hydrogen-bond acceptors (Lipinski definition) is 3. The molecule has 0 radical (unpaired) electrons. The Kier molecular flexibility index (Phi) is 5.54. The molecule has 0 unspecified atom stereocenters. The van der Waals surface area contributed by atoms with E-state index in [1.807, 2.05) is 0 Å². The zero-order chi connectivity index (χ0) is 13.8. The van der Waals surface area contributed by atoms with Gasteiger partial charge in [0.15, 0.2) is 0 Å². The van der Waals surface area contributed by atoms with Crippen LogP contribution in [0, 0.1) is 3.57 Å². The maximum Gasteiger partial charge on any atom is 0.318 e. The van der Waals surface area contributed by atoms with E-state index in [4.69, 9.17) is 5.11 Å². The number of nitrogens with zero attached hydrogens (tertiary/aromatic N) is 1. The summed E-state index contributed by atoms with van der Waals surface area (Å²) < 4.78 is 26.4. The fourth-order valence-corrected chi connectivity index (χ4v) is 3.28. The summed E-state index contributed by atoms with van der Waals surface area (Å²) in [6, 6.07) is 6.33. The molecular weight excluding hydrogens is 369 g/mol. The summed E-state index contributed by atoms with van der Waals surface area (Å²) in [6.45, 7) is 1.49. The minimum absolute atomic E-state index is 0.123. The minimum atomic E-state index is -3.73. The second-order valence-electron chi connectivity index (χ2n) is 3.69. The predicted molar refractivity (Wildman–Crippen MR) is 75.8 cm³/mol. The van der Waals surface area contributed by atoms with Crippen LogP contribution in [0.2, 0.25) is 0 Å². The molecule has 0 aliphatic carbocycles. The van der Waals surface area contributed by atoms with Crippen molar-refractivity contribution in [3.63, 3.8) is 0 Å². The predicted octanol–water partition coefficient (Wildman–Crippen LogP) is 1.78. The Morgan fingerprint density at radius 2 is 1.89 bits per heavy atom. The van der Waals surface area contributed by atoms with Crippen LogP contribution in [-0.4, -0.2) is 36.9 Å². The van der Waals surface area contributed by atoms with Gasteiger partial charge in [-0.25, -0.2) is 8.42 Å². The topological polar surface area (TPSA) is 74.7 Å². The molecule has 1 aromatic rings. The molecule has 0 atom stereocenters. The van der Waals surface area contributed by atoms with Crippen molar-refractivity contribution in [1.82, 2.24) is 4.31 Å². The Morgan fingerprint density at radius 1 is 1.33 bits per heavy atom. The Balaban J connectivity index is 3.08. The molecule has 0 aromatic heterocycles. The fourth-order valence-electron chi connectivity index (χ4n) is 1.44. The van der Waals surface area contributed by atoms with E-state index in [1.54, 1.807) is 19.1 Å². The lowest BCUT2D eigenvalue weighted by Crippen LogP contribution is -2.36. The number of carboxylic acids is 1. The highest BCUT2D eigenvalue weighted by molar-refractivity contribution is 14.1. The Labute approximate surface area is 120 Å². The molecule has 0 aliphatic rings. The van der Waals surface area contributed by atoms with Crippen LogP contribution in [-0.2, 0) is 14.8 Å². The summed E-state index contributed by atoms with van der Waals surface area (Å²) in [7, 11) is -3.73. The van der Waals surface area contributed by atoms with Crippen LogP contribution in [0.1, 0.15) is 13.3 Å². The fraction of sp³-hybridized carbons (Fsp3) is 0.364. The molecule has 0 heterocycles. The van der Waals surface area contributed by atoms with E-state index in [1.165, 1.54) is 12.1 Å². The summed E-state index contributed by atoms with van der Waals surface area (Å²) in [6.07, 6.45) is 0.566. The summed E-state index contributed by atoms with van der Waals surface area (Å²) in [5.74, 6) is -1.16. The highest BCUT2D eigenvalue weighted by Gasteiger charge is 2.25. The molecule has 5 nitrogen and oxygen atoms in total. The highest BCUT2D eigenvalue weighted by Crippen LogP contribution is 2.17. The van der Waals surface area contributed by atoms with E-state index in [-0.39, 0.29) is 11.4 Å². The van der Waals surface area contributed by atoms with E-state index >= 15 is 0 Å². The van der Waals surface area contributed by atoms with Crippen LogP contribution in [0.25, 0.3) is 0 Å². The van der Waals surface area contributed by atoms with Gasteiger partial charge in [-0.05, 0) is 53.3 Å². The first kappa shape index (κ1) is 15.4. The molecule has 100 valence electrons. The van der Waals surface area contributed by atoms with Gasteiger partial charge in [-0.15, -0.1) is 0 Å². The van der Waals surface area contributed by atoms with Gasteiger partial charge >= 0.3 is 5.97 Å². The molecule has 0 amide bonds. The van der Waals surface area contributed by atoms with E-state index < -0.39 is 22.5 Å². The van der Waals surface area contributed by atoms with Crippen LogP contribution in [0.4, 0.5) is 0 Å². The van der Waals surface area contributed by atoms with Crippen molar-refractivity contribution in [3.05, 3.63) is 27.8 Å². The lowest BCUT2D eigenvalue weighted by molar-refractivity contribution is -0.137. The van der Waals surface area contributed by atoms with Gasteiger partial charge in [0.05, 0.1) is 4.90 Å². The first-order valence-corrected chi connectivity index (χ1v) is 7.87. The van der Waals surface area contributed by atoms with Crippen molar-refractivity contribution < 1.29 is 18.3 Å². The normalized spacial score (nSPS) is 11.7. The number of halogens is 1. The molecule has 1 N–H and O–H groups in total. The van der Waals surface area contributed by atoms with Crippen molar-refractivity contribution in [2.75, 3.05) is 13.1 Å². The van der Waals surface area contributed by atoms with Crippen molar-refractivity contribution in [2.24, 2.45) is 0 Å². The largest absolute Gasteiger partial charge is 0.480 e. The van der Waals surface area contributed by atoms with Crippen LogP contribution in [0.5, 0.6) is 0 Å². The third-order valence-electron chi connectivity index (χ3n) is 2.24. The molecule has 1 rings (SSSR count). The summed E-state index contributed by atoms with van der Waals surface area (Å²) in [5.41, 5.74) is 0. The quantitative estimate of drug-likeness (QED) is 0.760. The number of aliphatic carboxylic acids is 1. The van der Waals surface area contributed by atoms with E-state index in [2.05, 4.69) is 22.6 Å². The van der Waals surface area contributed by atoms with Gasteiger partial charge in [0.25, 0.3) is 0 Å². The third kappa shape index (κ3) is 3.92. The zero-order valence-corrected chi connectivity index (χ0v) is 12.8. The Hall–Kier alpha value is -0.670. The number of sulfonamides is 1. The second kappa shape index (κ2) is 6.48. The molecule has 0 aliphatic heterocycles. The van der Waals surface area contributed by atoms with E-state index in [9.17, 15) is 13.2 Å². The van der Waals surface area contributed by atoms with Crippen molar-refractivity contribution in [1.29, 1.82) is 0 Å². The van der Waals surface area contributed by atoms with Gasteiger partial charge in [-0.3, -0.25) is 4.79 Å². The van der Waals surface area contributed by atoms with Crippen LogP contribution in [0.3, 0.4) is 0 Å². The van der Waals surface area contributed by atoms with Gasteiger partial charge < -0.3 is 5.11 Å². The number of rotatable bonds is 6. The Morgan fingerprint density at radius 3 is 2.33 bits per heavy atom. The van der Waals surface area contributed by atoms with Crippen LogP contribution in [0.15, 0.2) is 29.2 Å². The van der Waals surface area contributed by atoms with Crippen molar-refractivity contribution in [3.8, 4) is 0 Å². The van der Waals surface area contributed by atoms with Crippen molar-refractivity contribution in [2.45, 2.75) is 18.2 Å². The first-order valence-electron chi connectivity index (χ1n) is 5.35. The molecule has 1 aromatic carbocycles. The van der Waals surface area contributed by atoms with E-state index in [0.29, 0.717) is 6.42 Å². The highest BCUT2D eigenvalue weighted by atomic mass is 127. The van der Waals surface area contributed by atoms with E-state index in [0.717, 1.165) is 7.88 Å². The summed E-state index contributed by atoms with van der Waals surface area (Å²) in [4.78, 5) is 10.8. The van der Waals surface area contributed by atoms with Gasteiger partial charge in [0.1, 0.15) is 6.54 Å². The molecule has 0 saturated heterocycles. The first-order chi connectivity index (χ1) is 8.37. The molecule has 0 bridgehead atoms. The molecule has 0 spiro atoms.